The zero-order valence-corrected chi connectivity index (χ0v) is 9.92. The molecule has 0 atom stereocenters. The van der Waals surface area contributed by atoms with E-state index in [1.54, 1.807) is 12.7 Å². The molecule has 3 nitrogen and oxygen atoms in total. The van der Waals surface area contributed by atoms with E-state index in [2.05, 4.69) is 45.3 Å². The van der Waals surface area contributed by atoms with Gasteiger partial charge in [-0.25, -0.2) is 15.0 Å². The van der Waals surface area contributed by atoms with Crippen molar-refractivity contribution in [1.82, 2.24) is 15.0 Å². The topological polar surface area (TPSA) is 38.7 Å². The monoisotopic (exact) mass is 227 g/mol. The van der Waals surface area contributed by atoms with Crippen molar-refractivity contribution in [3.63, 3.8) is 0 Å². The highest BCUT2D eigenvalue weighted by Gasteiger charge is 1.96. The number of aryl methyl sites for hydroxylation is 2. The molecule has 0 N–H and O–H groups in total. The number of unbranched alkanes of at least 4 members (excludes halogenated alkanes) is 2. The Hall–Kier alpha value is -1.77. The van der Waals surface area contributed by atoms with Gasteiger partial charge in [0, 0.05) is 6.42 Å². The highest BCUT2D eigenvalue weighted by molar-refractivity contribution is 5.14. The van der Waals surface area contributed by atoms with Gasteiger partial charge in [-0.1, -0.05) is 36.8 Å². The van der Waals surface area contributed by atoms with Crippen LogP contribution in [0.2, 0.25) is 0 Å². The first-order chi connectivity index (χ1) is 8.45. The van der Waals surface area contributed by atoms with Gasteiger partial charge < -0.3 is 0 Å². The van der Waals surface area contributed by atoms with Gasteiger partial charge in [-0.2, -0.15) is 0 Å². The average Bonchev–Trinajstić information content (AvgIpc) is 2.41. The number of nitrogens with zero attached hydrogens (tertiary/aromatic N) is 3. The number of hydrogen-bond acceptors (Lipinski definition) is 3. The van der Waals surface area contributed by atoms with Crippen LogP contribution in [0.4, 0.5) is 0 Å². The third-order valence-corrected chi connectivity index (χ3v) is 2.76. The summed E-state index contributed by atoms with van der Waals surface area (Å²) < 4.78 is 0. The van der Waals surface area contributed by atoms with Gasteiger partial charge in [0.05, 0.1) is 0 Å². The molecule has 2 aromatic rings. The van der Waals surface area contributed by atoms with E-state index in [0.29, 0.717) is 0 Å². The normalized spacial score (nSPS) is 10.4. The van der Waals surface area contributed by atoms with Crippen molar-refractivity contribution in [1.29, 1.82) is 0 Å². The fourth-order valence-corrected chi connectivity index (χ4v) is 1.83. The molecule has 17 heavy (non-hydrogen) atoms. The fourth-order valence-electron chi connectivity index (χ4n) is 1.83. The Kier molecular flexibility index (Phi) is 4.64. The van der Waals surface area contributed by atoms with E-state index in [-0.39, 0.29) is 0 Å². The number of rotatable bonds is 6. The Balaban J connectivity index is 1.61. The summed E-state index contributed by atoms with van der Waals surface area (Å²) in [5.74, 6) is 0.903. The van der Waals surface area contributed by atoms with Crippen LogP contribution in [-0.4, -0.2) is 15.0 Å². The van der Waals surface area contributed by atoms with E-state index in [0.717, 1.165) is 25.1 Å². The molecule has 88 valence electrons. The molecule has 0 aliphatic heterocycles. The van der Waals surface area contributed by atoms with E-state index >= 15 is 0 Å². The second kappa shape index (κ2) is 6.74. The van der Waals surface area contributed by atoms with E-state index < -0.39 is 0 Å². The Morgan fingerprint density at radius 1 is 0.765 bits per heavy atom. The molecule has 0 amide bonds. The first-order valence-electron chi connectivity index (χ1n) is 6.10. The van der Waals surface area contributed by atoms with Crippen LogP contribution in [0.5, 0.6) is 0 Å². The van der Waals surface area contributed by atoms with E-state index in [4.69, 9.17) is 0 Å². The summed E-state index contributed by atoms with van der Waals surface area (Å²) in [6.07, 6.45) is 8.85. The van der Waals surface area contributed by atoms with Crippen molar-refractivity contribution < 1.29 is 0 Å². The van der Waals surface area contributed by atoms with Gasteiger partial charge in [0.2, 0.25) is 0 Å². The van der Waals surface area contributed by atoms with Crippen LogP contribution < -0.4 is 0 Å². The summed E-state index contributed by atoms with van der Waals surface area (Å²) in [6.45, 7) is 0. The van der Waals surface area contributed by atoms with E-state index in [9.17, 15) is 0 Å². The molecule has 1 aromatic carbocycles. The largest absolute Gasteiger partial charge is 0.225 e. The molecule has 0 aliphatic rings. The number of benzene rings is 1. The molecule has 0 saturated carbocycles. The maximum absolute atomic E-state index is 4.11. The summed E-state index contributed by atoms with van der Waals surface area (Å²) in [7, 11) is 0. The molecule has 2 rings (SSSR count). The van der Waals surface area contributed by atoms with Crippen molar-refractivity contribution in [2.45, 2.75) is 32.1 Å². The zero-order valence-electron chi connectivity index (χ0n) is 9.92. The molecule has 0 aliphatic carbocycles. The van der Waals surface area contributed by atoms with Crippen LogP contribution in [0.1, 0.15) is 30.7 Å². The van der Waals surface area contributed by atoms with E-state index in [1.807, 2.05) is 0 Å². The highest BCUT2D eigenvalue weighted by Crippen LogP contribution is 2.07. The van der Waals surface area contributed by atoms with Crippen molar-refractivity contribution in [3.05, 3.63) is 54.4 Å². The highest BCUT2D eigenvalue weighted by atomic mass is 15.0. The molecule has 0 saturated heterocycles. The predicted molar refractivity (Wildman–Crippen MR) is 67.5 cm³/mol. The standard InChI is InChI=1S/C14H17N3/c1-3-7-13(8-4-1)9-5-2-6-10-14-16-11-15-12-17-14/h1,3-4,7-8,11-12H,2,5-6,9-10H2. The lowest BCUT2D eigenvalue weighted by Gasteiger charge is -2.01. The summed E-state index contributed by atoms with van der Waals surface area (Å²) in [5, 5.41) is 0. The molecule has 1 heterocycles. The van der Waals surface area contributed by atoms with Crippen molar-refractivity contribution in [2.24, 2.45) is 0 Å². The third-order valence-electron chi connectivity index (χ3n) is 2.76. The molecular formula is C14H17N3. The molecule has 1 aromatic heterocycles. The second-order valence-electron chi connectivity index (χ2n) is 4.10. The average molecular weight is 227 g/mol. The number of hydrogen-bond donors (Lipinski definition) is 0. The number of aromatic nitrogens is 3. The molecule has 0 spiro atoms. The SMILES string of the molecule is c1ccc(CCCCCc2ncncn2)cc1. The third kappa shape index (κ3) is 4.31. The second-order valence-corrected chi connectivity index (χ2v) is 4.10. The van der Waals surface area contributed by atoms with Crippen molar-refractivity contribution in [3.8, 4) is 0 Å². The van der Waals surface area contributed by atoms with Crippen molar-refractivity contribution >= 4 is 0 Å². The molecule has 3 heteroatoms. The summed E-state index contributed by atoms with van der Waals surface area (Å²) in [6, 6.07) is 10.6. The fraction of sp³-hybridized carbons (Fsp3) is 0.357. The predicted octanol–water partition coefficient (Wildman–Crippen LogP) is 2.83. The zero-order chi connectivity index (χ0) is 11.8. The van der Waals surface area contributed by atoms with Crippen LogP contribution in [-0.2, 0) is 12.8 Å². The molecule has 0 radical (unpaired) electrons. The van der Waals surface area contributed by atoms with Gasteiger partial charge in [-0.15, -0.1) is 0 Å². The molecule has 0 unspecified atom stereocenters. The minimum absolute atomic E-state index is 0.903. The van der Waals surface area contributed by atoms with Crippen LogP contribution >= 0.6 is 0 Å². The minimum Gasteiger partial charge on any atom is -0.225 e. The maximum Gasteiger partial charge on any atom is 0.131 e. The molecular weight excluding hydrogens is 210 g/mol. The summed E-state index contributed by atoms with van der Waals surface area (Å²) in [4.78, 5) is 12.0. The Morgan fingerprint density at radius 3 is 2.24 bits per heavy atom. The lowest BCUT2D eigenvalue weighted by molar-refractivity contribution is 0.659. The minimum atomic E-state index is 0.903. The Labute approximate surface area is 102 Å². The van der Waals surface area contributed by atoms with Gasteiger partial charge in [-0.05, 0) is 24.8 Å². The van der Waals surface area contributed by atoms with Crippen LogP contribution in [0, 0.1) is 0 Å². The lowest BCUT2D eigenvalue weighted by atomic mass is 10.1. The van der Waals surface area contributed by atoms with Crippen LogP contribution in [0.3, 0.4) is 0 Å². The van der Waals surface area contributed by atoms with E-state index in [1.165, 1.54) is 18.4 Å². The first kappa shape index (κ1) is 11.7. The lowest BCUT2D eigenvalue weighted by Crippen LogP contribution is -1.95. The van der Waals surface area contributed by atoms with Gasteiger partial charge >= 0.3 is 0 Å². The molecule has 0 fully saturated rings. The quantitative estimate of drug-likeness (QED) is 0.712. The summed E-state index contributed by atoms with van der Waals surface area (Å²) in [5.41, 5.74) is 1.42. The van der Waals surface area contributed by atoms with Crippen molar-refractivity contribution in [2.75, 3.05) is 0 Å². The Bertz CT molecular complexity index is 372. The molecule has 0 bridgehead atoms. The van der Waals surface area contributed by atoms with Gasteiger partial charge in [0.1, 0.15) is 18.5 Å². The van der Waals surface area contributed by atoms with Gasteiger partial charge in [0.15, 0.2) is 0 Å². The first-order valence-corrected chi connectivity index (χ1v) is 6.10. The maximum atomic E-state index is 4.11. The Morgan fingerprint density at radius 2 is 1.47 bits per heavy atom. The van der Waals surface area contributed by atoms with Crippen LogP contribution in [0.15, 0.2) is 43.0 Å². The van der Waals surface area contributed by atoms with Gasteiger partial charge in [-0.3, -0.25) is 0 Å². The van der Waals surface area contributed by atoms with Gasteiger partial charge in [0.25, 0.3) is 0 Å². The summed E-state index contributed by atoms with van der Waals surface area (Å²) >= 11 is 0. The smallest absolute Gasteiger partial charge is 0.131 e. The van der Waals surface area contributed by atoms with Crippen LogP contribution in [0.25, 0.3) is 0 Å².